The number of thioether (sulfide) groups is 1. The summed E-state index contributed by atoms with van der Waals surface area (Å²) in [6.45, 7) is 0.352. The molecule has 1 rings (SSSR count). The van der Waals surface area contributed by atoms with Crippen LogP contribution in [-0.2, 0) is 6.54 Å². The van der Waals surface area contributed by atoms with Gasteiger partial charge in [-0.1, -0.05) is 24.0 Å². The van der Waals surface area contributed by atoms with E-state index in [0.29, 0.717) is 22.6 Å². The molecule has 0 aliphatic carbocycles. The Morgan fingerprint density at radius 1 is 1.77 bits per heavy atom. The zero-order chi connectivity index (χ0) is 9.84. The monoisotopic (exact) mass is 218 g/mol. The van der Waals surface area contributed by atoms with Gasteiger partial charge in [0, 0.05) is 0 Å². The third-order valence-corrected chi connectivity index (χ3v) is 2.10. The van der Waals surface area contributed by atoms with E-state index in [0.717, 1.165) is 0 Å². The van der Waals surface area contributed by atoms with Crippen LogP contribution in [0.1, 0.15) is 0 Å². The summed E-state index contributed by atoms with van der Waals surface area (Å²) >= 11 is 6.28. The third-order valence-electron chi connectivity index (χ3n) is 1.32. The molecule has 0 fully saturated rings. The van der Waals surface area contributed by atoms with Crippen LogP contribution in [0, 0.1) is 0 Å². The van der Waals surface area contributed by atoms with E-state index in [1.165, 1.54) is 16.4 Å². The molecule has 0 atom stereocenters. The van der Waals surface area contributed by atoms with E-state index in [2.05, 4.69) is 15.5 Å². The number of aromatic nitrogens is 3. The molecule has 0 aromatic carbocycles. The van der Waals surface area contributed by atoms with Gasteiger partial charge in [0.2, 0.25) is 11.1 Å². The quantitative estimate of drug-likeness (QED) is 0.269. The van der Waals surface area contributed by atoms with E-state index in [9.17, 15) is 0 Å². The van der Waals surface area contributed by atoms with Crippen molar-refractivity contribution in [2.24, 2.45) is 5.84 Å². The highest BCUT2D eigenvalue weighted by Crippen LogP contribution is 2.10. The molecule has 13 heavy (non-hydrogen) atoms. The number of nitrogens with one attached hydrogen (secondary N) is 1. The highest BCUT2D eigenvalue weighted by Gasteiger charge is 2.06. The molecule has 1 aromatic heterocycles. The first-order valence-corrected chi connectivity index (χ1v) is 5.04. The van der Waals surface area contributed by atoms with Crippen LogP contribution in [0.25, 0.3) is 0 Å². The minimum absolute atomic E-state index is 0.335. The topological polar surface area (TPSA) is 94.8 Å². The summed E-state index contributed by atoms with van der Waals surface area (Å²) in [5.41, 5.74) is 7.92. The van der Waals surface area contributed by atoms with Crippen molar-refractivity contribution >= 4 is 34.9 Å². The Hall–Kier alpha value is -0.860. The zero-order valence-corrected chi connectivity index (χ0v) is 8.65. The number of hydrazine groups is 1. The molecule has 72 valence electrons. The van der Waals surface area contributed by atoms with Crippen molar-refractivity contribution in [3.63, 3.8) is 0 Å². The van der Waals surface area contributed by atoms with Crippen LogP contribution >= 0.6 is 24.0 Å². The van der Waals surface area contributed by atoms with Crippen molar-refractivity contribution in [1.29, 1.82) is 0 Å². The second kappa shape index (κ2) is 4.40. The number of hydrogen-bond acceptors (Lipinski definition) is 6. The Morgan fingerprint density at radius 3 is 2.92 bits per heavy atom. The second-order valence-electron chi connectivity index (χ2n) is 2.18. The van der Waals surface area contributed by atoms with Crippen LogP contribution in [0.5, 0.6) is 0 Å². The average Bonchev–Trinajstić information content (AvgIpc) is 2.47. The predicted octanol–water partition coefficient (Wildman–Crippen LogP) is -0.627. The first-order valence-electron chi connectivity index (χ1n) is 3.41. The van der Waals surface area contributed by atoms with Gasteiger partial charge in [-0.3, -0.25) is 0 Å². The fraction of sp³-hybridized carbons (Fsp3) is 0.400. The number of anilines is 1. The Labute approximate surface area is 85.0 Å². The Morgan fingerprint density at radius 2 is 2.46 bits per heavy atom. The van der Waals surface area contributed by atoms with Gasteiger partial charge in [0.1, 0.15) is 4.99 Å². The Kier molecular flexibility index (Phi) is 3.46. The number of nitrogens with zero attached hydrogens (tertiary/aromatic N) is 3. The van der Waals surface area contributed by atoms with E-state index in [4.69, 9.17) is 23.8 Å². The maximum Gasteiger partial charge on any atom is 0.219 e. The van der Waals surface area contributed by atoms with Gasteiger partial charge in [-0.15, -0.1) is 5.10 Å². The van der Waals surface area contributed by atoms with Crippen molar-refractivity contribution in [3.8, 4) is 0 Å². The summed E-state index contributed by atoms with van der Waals surface area (Å²) in [4.78, 5) is 4.44. The molecular weight excluding hydrogens is 208 g/mol. The lowest BCUT2D eigenvalue weighted by atomic mass is 10.6. The molecule has 8 heteroatoms. The molecule has 0 aliphatic rings. The Balaban J connectivity index is 2.76. The number of nitrogens with two attached hydrogens (primary N) is 2. The van der Waals surface area contributed by atoms with Crippen molar-refractivity contribution in [2.75, 3.05) is 12.0 Å². The molecule has 0 saturated heterocycles. The fourth-order valence-corrected chi connectivity index (χ4v) is 1.20. The molecule has 0 aliphatic heterocycles. The van der Waals surface area contributed by atoms with Crippen LogP contribution in [0.15, 0.2) is 5.16 Å². The number of rotatable bonds is 3. The minimum Gasteiger partial charge on any atom is -0.368 e. The van der Waals surface area contributed by atoms with Gasteiger partial charge in [0.05, 0.1) is 6.54 Å². The zero-order valence-electron chi connectivity index (χ0n) is 7.02. The smallest absolute Gasteiger partial charge is 0.219 e. The summed E-state index contributed by atoms with van der Waals surface area (Å²) in [5, 5.41) is 4.70. The summed E-state index contributed by atoms with van der Waals surface area (Å²) in [6.07, 6.45) is 1.87. The molecule has 0 bridgehead atoms. The van der Waals surface area contributed by atoms with Crippen LogP contribution in [0.3, 0.4) is 0 Å². The minimum atomic E-state index is 0.335. The lowest BCUT2D eigenvalue weighted by Gasteiger charge is -2.02. The molecule has 6 nitrogen and oxygen atoms in total. The SMILES string of the molecule is CSc1nc(N)n(CC(=S)NN)n1. The molecule has 5 N–H and O–H groups in total. The van der Waals surface area contributed by atoms with E-state index >= 15 is 0 Å². The lowest BCUT2D eigenvalue weighted by Crippen LogP contribution is -2.32. The van der Waals surface area contributed by atoms with E-state index < -0.39 is 0 Å². The first kappa shape index (κ1) is 10.2. The van der Waals surface area contributed by atoms with Crippen molar-refractivity contribution in [1.82, 2.24) is 20.2 Å². The molecular formula is C5H10N6S2. The average molecular weight is 218 g/mol. The first-order chi connectivity index (χ1) is 6.17. The maximum atomic E-state index is 5.57. The molecule has 0 unspecified atom stereocenters. The van der Waals surface area contributed by atoms with Crippen molar-refractivity contribution in [3.05, 3.63) is 0 Å². The van der Waals surface area contributed by atoms with Gasteiger partial charge < -0.3 is 11.2 Å². The van der Waals surface area contributed by atoms with Crippen LogP contribution in [0.4, 0.5) is 5.95 Å². The normalized spacial score (nSPS) is 10.0. The predicted molar refractivity (Wildman–Crippen MR) is 56.1 cm³/mol. The van der Waals surface area contributed by atoms with E-state index in [1.54, 1.807) is 0 Å². The van der Waals surface area contributed by atoms with Crippen LogP contribution < -0.4 is 17.0 Å². The third kappa shape index (κ3) is 2.54. The number of thiocarbonyl (C=S) groups is 1. The number of nitrogen functional groups attached to an aromatic ring is 1. The van der Waals surface area contributed by atoms with E-state index in [1.807, 2.05) is 6.26 Å². The van der Waals surface area contributed by atoms with Gasteiger partial charge in [-0.2, -0.15) is 4.98 Å². The van der Waals surface area contributed by atoms with Crippen molar-refractivity contribution in [2.45, 2.75) is 11.7 Å². The summed E-state index contributed by atoms with van der Waals surface area (Å²) < 4.78 is 1.49. The highest BCUT2D eigenvalue weighted by atomic mass is 32.2. The molecule has 0 radical (unpaired) electrons. The van der Waals surface area contributed by atoms with Gasteiger partial charge in [-0.25, -0.2) is 10.5 Å². The fourth-order valence-electron chi connectivity index (χ4n) is 0.717. The van der Waals surface area contributed by atoms with Crippen LogP contribution in [0.2, 0.25) is 0 Å². The van der Waals surface area contributed by atoms with Crippen LogP contribution in [-0.4, -0.2) is 26.0 Å². The molecule has 0 spiro atoms. The Bertz CT molecular complexity index is 308. The van der Waals surface area contributed by atoms with E-state index in [-0.39, 0.29) is 0 Å². The second-order valence-corrected chi connectivity index (χ2v) is 3.45. The highest BCUT2D eigenvalue weighted by molar-refractivity contribution is 7.98. The number of hydrogen-bond donors (Lipinski definition) is 3. The largest absolute Gasteiger partial charge is 0.368 e. The molecule has 0 saturated carbocycles. The van der Waals surface area contributed by atoms with Crippen molar-refractivity contribution < 1.29 is 0 Å². The lowest BCUT2D eigenvalue weighted by molar-refractivity contribution is 0.700. The van der Waals surface area contributed by atoms with Gasteiger partial charge in [-0.05, 0) is 6.26 Å². The summed E-state index contributed by atoms with van der Waals surface area (Å²) in [6, 6.07) is 0. The maximum absolute atomic E-state index is 5.57. The summed E-state index contributed by atoms with van der Waals surface area (Å²) in [5.74, 6) is 5.45. The molecule has 0 amide bonds. The standard InChI is InChI=1S/C5H10N6S2/c1-13-5-8-4(6)11(10-5)2-3(12)9-7/h2,7H2,1H3,(H,9,12)(H2,6,8,10). The van der Waals surface area contributed by atoms with Gasteiger partial charge in [0.25, 0.3) is 0 Å². The molecule has 1 heterocycles. The summed E-state index contributed by atoms with van der Waals surface area (Å²) in [7, 11) is 0. The van der Waals surface area contributed by atoms with Gasteiger partial charge in [0.15, 0.2) is 0 Å². The van der Waals surface area contributed by atoms with Gasteiger partial charge >= 0.3 is 0 Å². The molecule has 1 aromatic rings.